The second-order valence-electron chi connectivity index (χ2n) is 14.7. The van der Waals surface area contributed by atoms with E-state index in [9.17, 15) is 15.0 Å². The SMILES string of the molecule is CC1(C)O[C@H]2O[C@H](CN3CCC(N)CC3)[C@H](O)[C@H]2O1.CC1(C)O[C@H]2O[C@H](CN3CCC(NC(=O)OCc4ccccc4)CC3)[C@H](O)[C@H]2O1. The number of piperidine rings is 2. The molecule has 0 bridgehead atoms. The quantitative estimate of drug-likeness (QED) is 0.326. The number of benzene rings is 1. The highest BCUT2D eigenvalue weighted by atomic mass is 16.8. The first kappa shape index (κ1) is 35.9. The first-order valence-electron chi connectivity index (χ1n) is 17.4. The van der Waals surface area contributed by atoms with Gasteiger partial charge in [-0.25, -0.2) is 4.79 Å². The summed E-state index contributed by atoms with van der Waals surface area (Å²) in [4.78, 5) is 16.6. The van der Waals surface area contributed by atoms with E-state index < -0.39 is 42.5 Å². The Labute approximate surface area is 283 Å². The van der Waals surface area contributed by atoms with Gasteiger partial charge >= 0.3 is 6.09 Å². The molecule has 48 heavy (non-hydrogen) atoms. The summed E-state index contributed by atoms with van der Waals surface area (Å²) in [7, 11) is 0. The molecule has 14 heteroatoms. The molecule has 5 N–H and O–H groups in total. The minimum absolute atomic E-state index is 0.0933. The van der Waals surface area contributed by atoms with Crippen molar-refractivity contribution in [1.82, 2.24) is 15.1 Å². The van der Waals surface area contributed by atoms with Crippen molar-refractivity contribution in [2.75, 3.05) is 39.3 Å². The largest absolute Gasteiger partial charge is 0.445 e. The van der Waals surface area contributed by atoms with Crippen LogP contribution >= 0.6 is 0 Å². The normalized spacial score (nSPS) is 36.6. The molecule has 1 amide bonds. The Kier molecular flexibility index (Phi) is 11.3. The fourth-order valence-electron chi connectivity index (χ4n) is 7.25. The number of carbonyl (C=O) groups is 1. The maximum atomic E-state index is 12.0. The van der Waals surface area contributed by atoms with Crippen LogP contribution < -0.4 is 11.1 Å². The molecule has 14 nitrogen and oxygen atoms in total. The summed E-state index contributed by atoms with van der Waals surface area (Å²) >= 11 is 0. The molecule has 0 radical (unpaired) electrons. The predicted octanol–water partition coefficient (Wildman–Crippen LogP) is 1.26. The molecule has 8 atom stereocenters. The van der Waals surface area contributed by atoms with Gasteiger partial charge in [-0.05, 0) is 72.0 Å². The number of likely N-dealkylation sites (tertiary alicyclic amines) is 2. The number of hydrogen-bond acceptors (Lipinski definition) is 13. The van der Waals surface area contributed by atoms with Crippen molar-refractivity contribution >= 4 is 6.09 Å². The van der Waals surface area contributed by atoms with Crippen LogP contribution in [0.3, 0.4) is 0 Å². The highest BCUT2D eigenvalue weighted by molar-refractivity contribution is 5.67. The number of ether oxygens (including phenoxy) is 7. The number of rotatable bonds is 7. The van der Waals surface area contributed by atoms with Crippen LogP contribution in [0.15, 0.2) is 30.3 Å². The summed E-state index contributed by atoms with van der Waals surface area (Å²) in [6, 6.07) is 10.0. The van der Waals surface area contributed by atoms with Crippen LogP contribution in [0.5, 0.6) is 0 Å². The molecule has 0 aliphatic carbocycles. The molecule has 6 saturated heterocycles. The van der Waals surface area contributed by atoms with Gasteiger partial charge in [-0.15, -0.1) is 0 Å². The molecule has 6 aliphatic heterocycles. The van der Waals surface area contributed by atoms with E-state index in [-0.39, 0.29) is 37.1 Å². The third kappa shape index (κ3) is 9.04. The monoisotopic (exact) mass is 678 g/mol. The van der Waals surface area contributed by atoms with Gasteiger partial charge in [-0.2, -0.15) is 0 Å². The van der Waals surface area contributed by atoms with Gasteiger partial charge in [-0.1, -0.05) is 30.3 Å². The first-order chi connectivity index (χ1) is 22.8. The number of aliphatic hydroxyl groups excluding tert-OH is 2. The number of fused-ring (bicyclic) bond motifs is 2. The van der Waals surface area contributed by atoms with Gasteiger partial charge in [0.1, 0.15) is 43.2 Å². The van der Waals surface area contributed by atoms with Crippen molar-refractivity contribution in [1.29, 1.82) is 0 Å². The highest BCUT2D eigenvalue weighted by Crippen LogP contribution is 2.39. The lowest BCUT2D eigenvalue weighted by Crippen LogP contribution is -2.48. The summed E-state index contributed by atoms with van der Waals surface area (Å²) in [6.07, 6.45) is -0.356. The van der Waals surface area contributed by atoms with E-state index in [0.29, 0.717) is 19.1 Å². The molecule has 6 heterocycles. The Morgan fingerprint density at radius 3 is 1.77 bits per heavy atom. The number of aliphatic hydroxyl groups is 2. The molecule has 0 saturated carbocycles. The Morgan fingerprint density at radius 2 is 1.29 bits per heavy atom. The number of carbonyl (C=O) groups excluding carboxylic acids is 1. The van der Waals surface area contributed by atoms with Crippen LogP contribution in [-0.2, 0) is 39.8 Å². The van der Waals surface area contributed by atoms with E-state index in [1.807, 2.05) is 58.0 Å². The Morgan fingerprint density at radius 1 is 0.812 bits per heavy atom. The van der Waals surface area contributed by atoms with Crippen LogP contribution in [0.25, 0.3) is 0 Å². The third-order valence-corrected chi connectivity index (χ3v) is 9.86. The van der Waals surface area contributed by atoms with E-state index >= 15 is 0 Å². The predicted molar refractivity (Wildman–Crippen MR) is 172 cm³/mol. The zero-order valence-corrected chi connectivity index (χ0v) is 28.6. The van der Waals surface area contributed by atoms with E-state index in [2.05, 4.69) is 15.1 Å². The number of nitrogens with one attached hydrogen (secondary N) is 1. The van der Waals surface area contributed by atoms with Gasteiger partial charge in [0.05, 0.1) is 0 Å². The van der Waals surface area contributed by atoms with E-state index in [4.69, 9.17) is 38.9 Å². The summed E-state index contributed by atoms with van der Waals surface area (Å²) in [5.74, 6) is -1.39. The highest BCUT2D eigenvalue weighted by Gasteiger charge is 2.55. The Hall–Kier alpha value is -1.95. The van der Waals surface area contributed by atoms with Gasteiger partial charge < -0.3 is 64.2 Å². The minimum Gasteiger partial charge on any atom is -0.445 e. The number of nitrogens with zero attached hydrogens (tertiary/aromatic N) is 2. The lowest BCUT2D eigenvalue weighted by molar-refractivity contribution is -0.217. The van der Waals surface area contributed by atoms with Crippen molar-refractivity contribution in [3.8, 4) is 0 Å². The molecule has 1 aromatic carbocycles. The van der Waals surface area contributed by atoms with Gasteiger partial charge in [0.15, 0.2) is 24.2 Å². The summed E-state index contributed by atoms with van der Waals surface area (Å²) in [6.45, 7) is 12.5. The Bertz CT molecular complexity index is 1190. The summed E-state index contributed by atoms with van der Waals surface area (Å²) in [5, 5.41) is 23.8. The number of alkyl carbamates (subject to hydrolysis) is 1. The standard InChI is InChI=1S/C21H30N2O6.C13H24N2O4/c1-21(2)28-18-17(24)16(27-19(18)29-21)12-23-10-8-15(9-11-23)22-20(25)26-13-14-6-4-3-5-7-14;1-13(2)18-11-10(16)9(17-12(11)19-13)7-15-5-3-8(14)4-6-15/h3-7,15-19,24H,8-13H2,1-2H3,(H,22,25);8-12,16H,3-7,14H2,1-2H3/t16-,17+,18-,19-;9-,10+,11-,12-/m11/s1. The maximum Gasteiger partial charge on any atom is 0.407 e. The molecule has 0 aromatic heterocycles. The topological polar surface area (TPSA) is 167 Å². The fraction of sp³-hybridized carbons (Fsp3) is 0.794. The lowest BCUT2D eigenvalue weighted by atomic mass is 10.0. The smallest absolute Gasteiger partial charge is 0.407 e. The number of amides is 1. The molecular weight excluding hydrogens is 624 g/mol. The van der Waals surface area contributed by atoms with Gasteiger partial charge in [0.2, 0.25) is 0 Å². The average molecular weight is 679 g/mol. The summed E-state index contributed by atoms with van der Waals surface area (Å²) < 4.78 is 39.7. The van der Waals surface area contributed by atoms with Crippen LogP contribution in [-0.4, -0.2) is 138 Å². The van der Waals surface area contributed by atoms with E-state index in [1.165, 1.54) is 0 Å². The minimum atomic E-state index is -0.722. The number of nitrogens with two attached hydrogens (primary N) is 1. The van der Waals surface area contributed by atoms with Crippen molar-refractivity contribution < 1.29 is 48.2 Å². The van der Waals surface area contributed by atoms with Crippen molar-refractivity contribution in [2.45, 2.75) is 133 Å². The third-order valence-electron chi connectivity index (χ3n) is 9.86. The first-order valence-corrected chi connectivity index (χ1v) is 17.4. The van der Waals surface area contributed by atoms with E-state index in [0.717, 1.165) is 57.4 Å². The van der Waals surface area contributed by atoms with Crippen LogP contribution in [0.2, 0.25) is 0 Å². The van der Waals surface area contributed by atoms with Gasteiger partial charge in [-0.3, -0.25) is 0 Å². The second kappa shape index (κ2) is 15.1. The van der Waals surface area contributed by atoms with Crippen molar-refractivity contribution in [3.05, 3.63) is 35.9 Å². The molecule has 270 valence electrons. The zero-order chi connectivity index (χ0) is 34.1. The molecule has 0 unspecified atom stereocenters. The van der Waals surface area contributed by atoms with Crippen LogP contribution in [0.1, 0.15) is 58.9 Å². The van der Waals surface area contributed by atoms with E-state index in [1.54, 1.807) is 0 Å². The van der Waals surface area contributed by atoms with Crippen molar-refractivity contribution in [3.63, 3.8) is 0 Å². The molecule has 0 spiro atoms. The van der Waals surface area contributed by atoms with Gasteiger partial charge in [0, 0.05) is 38.3 Å². The average Bonchev–Trinajstić information content (AvgIpc) is 3.71. The summed E-state index contributed by atoms with van der Waals surface area (Å²) in [5.41, 5.74) is 6.86. The molecule has 6 fully saturated rings. The fourth-order valence-corrected chi connectivity index (χ4v) is 7.25. The molecule has 7 rings (SSSR count). The zero-order valence-electron chi connectivity index (χ0n) is 28.6. The van der Waals surface area contributed by atoms with Crippen LogP contribution in [0, 0.1) is 0 Å². The molecular formula is C34H54N4O10. The molecule has 6 aliphatic rings. The maximum absolute atomic E-state index is 12.0. The van der Waals surface area contributed by atoms with Gasteiger partial charge in [0.25, 0.3) is 0 Å². The lowest BCUT2D eigenvalue weighted by Gasteiger charge is -2.34. The number of hydrogen-bond donors (Lipinski definition) is 4. The van der Waals surface area contributed by atoms with Crippen molar-refractivity contribution in [2.24, 2.45) is 5.73 Å². The second-order valence-corrected chi connectivity index (χ2v) is 14.7. The molecule has 1 aromatic rings. The van der Waals surface area contributed by atoms with Crippen LogP contribution in [0.4, 0.5) is 4.79 Å². The Balaban J connectivity index is 0.000000182.